The molecule has 0 N–H and O–H groups in total. The first kappa shape index (κ1) is 15.4. The fourth-order valence-electron chi connectivity index (χ4n) is 3.08. The first-order chi connectivity index (χ1) is 11.7. The maximum atomic E-state index is 12.5. The zero-order valence-corrected chi connectivity index (χ0v) is 14.8. The third-order valence-corrected chi connectivity index (χ3v) is 4.87. The molecule has 3 heterocycles. The molecule has 1 saturated heterocycles. The Morgan fingerprint density at radius 2 is 1.92 bits per heavy atom. The van der Waals surface area contributed by atoms with Gasteiger partial charge < -0.3 is 4.42 Å². The Labute approximate surface area is 149 Å². The van der Waals surface area contributed by atoms with E-state index in [1.807, 2.05) is 41.3 Å². The average Bonchev–Trinajstić information content (AvgIpc) is 3.07. The van der Waals surface area contributed by atoms with Crippen molar-refractivity contribution >= 4 is 33.7 Å². The monoisotopic (exact) mass is 384 g/mol. The van der Waals surface area contributed by atoms with Gasteiger partial charge in [-0.15, -0.1) is 0 Å². The molecule has 24 heavy (non-hydrogen) atoms. The second kappa shape index (κ2) is 6.40. The van der Waals surface area contributed by atoms with Crippen molar-refractivity contribution in [2.45, 2.75) is 25.7 Å². The molecule has 1 aromatic carbocycles. The molecule has 0 aliphatic carbocycles. The maximum Gasteiger partial charge on any atom is 0.277 e. The highest BCUT2D eigenvalue weighted by Gasteiger charge is 2.30. The SMILES string of the molecule is O=C1/C(=C\c2ccc(-c3ccc(Br)cc3)o2)N=C2CCCCCN12. The van der Waals surface area contributed by atoms with Gasteiger partial charge in [-0.25, -0.2) is 4.99 Å². The summed E-state index contributed by atoms with van der Waals surface area (Å²) in [6.07, 6.45) is 5.94. The third-order valence-electron chi connectivity index (χ3n) is 4.34. The van der Waals surface area contributed by atoms with Crippen LogP contribution in [0.4, 0.5) is 0 Å². The molecule has 0 saturated carbocycles. The summed E-state index contributed by atoms with van der Waals surface area (Å²) in [5.74, 6) is 2.33. The molecule has 4 rings (SSSR count). The molecule has 5 heteroatoms. The van der Waals surface area contributed by atoms with E-state index >= 15 is 0 Å². The summed E-state index contributed by atoms with van der Waals surface area (Å²) in [6, 6.07) is 11.7. The molecule has 122 valence electrons. The standard InChI is InChI=1S/C19H17BrN2O2/c20-14-7-5-13(6-8-14)17-10-9-15(24-17)12-16-19(23)22-11-3-1-2-4-18(22)21-16/h5-10,12H,1-4,11H2/b16-12+. The third kappa shape index (κ3) is 2.96. The number of amidine groups is 1. The summed E-state index contributed by atoms with van der Waals surface area (Å²) in [5.41, 5.74) is 1.48. The number of halogens is 1. The molecular weight excluding hydrogens is 368 g/mol. The molecular formula is C19H17BrN2O2. The number of hydrogen-bond acceptors (Lipinski definition) is 3. The van der Waals surface area contributed by atoms with Gasteiger partial charge in [0.2, 0.25) is 0 Å². The second-order valence-corrected chi connectivity index (χ2v) is 6.95. The number of rotatable bonds is 2. The summed E-state index contributed by atoms with van der Waals surface area (Å²) in [7, 11) is 0. The number of furan rings is 1. The first-order valence-electron chi connectivity index (χ1n) is 8.17. The summed E-state index contributed by atoms with van der Waals surface area (Å²) < 4.78 is 6.89. The minimum atomic E-state index is -0.00603. The second-order valence-electron chi connectivity index (χ2n) is 6.03. The lowest BCUT2D eigenvalue weighted by molar-refractivity contribution is -0.122. The van der Waals surface area contributed by atoms with E-state index in [1.165, 1.54) is 0 Å². The zero-order valence-electron chi connectivity index (χ0n) is 13.2. The van der Waals surface area contributed by atoms with Gasteiger partial charge in [0, 0.05) is 29.1 Å². The van der Waals surface area contributed by atoms with Gasteiger partial charge in [0.1, 0.15) is 23.1 Å². The average molecular weight is 385 g/mol. The Bertz CT molecular complexity index is 833. The molecule has 2 aliphatic heterocycles. The lowest BCUT2D eigenvalue weighted by Crippen LogP contribution is -2.31. The van der Waals surface area contributed by atoms with E-state index in [-0.39, 0.29) is 5.91 Å². The number of hydrogen-bond donors (Lipinski definition) is 0. The number of carbonyl (C=O) groups excluding carboxylic acids is 1. The Morgan fingerprint density at radius 1 is 1.08 bits per heavy atom. The molecule has 2 aromatic rings. The van der Waals surface area contributed by atoms with Gasteiger partial charge in [-0.2, -0.15) is 0 Å². The van der Waals surface area contributed by atoms with Gasteiger partial charge in [-0.1, -0.05) is 34.5 Å². The minimum absolute atomic E-state index is 0.00603. The van der Waals surface area contributed by atoms with Crippen LogP contribution in [0.3, 0.4) is 0 Å². The van der Waals surface area contributed by atoms with Crippen LogP contribution in [0, 0.1) is 0 Å². The normalized spacial score (nSPS) is 19.4. The van der Waals surface area contributed by atoms with Gasteiger partial charge in [0.05, 0.1) is 0 Å². The predicted molar refractivity (Wildman–Crippen MR) is 97.4 cm³/mol. The van der Waals surface area contributed by atoms with Crippen LogP contribution in [-0.4, -0.2) is 23.2 Å². The van der Waals surface area contributed by atoms with Crippen LogP contribution in [0.15, 0.2) is 56.0 Å². The van der Waals surface area contributed by atoms with Gasteiger partial charge in [0.15, 0.2) is 0 Å². The van der Waals surface area contributed by atoms with Gasteiger partial charge in [-0.05, 0) is 37.1 Å². The van der Waals surface area contributed by atoms with Crippen molar-refractivity contribution < 1.29 is 9.21 Å². The van der Waals surface area contributed by atoms with Gasteiger partial charge in [-0.3, -0.25) is 9.69 Å². The molecule has 1 amide bonds. The highest BCUT2D eigenvalue weighted by molar-refractivity contribution is 9.10. The fourth-order valence-corrected chi connectivity index (χ4v) is 3.35. The Morgan fingerprint density at radius 3 is 2.75 bits per heavy atom. The number of aliphatic imine (C=N–C) groups is 1. The van der Waals surface area contributed by atoms with Crippen molar-refractivity contribution in [2.75, 3.05) is 6.54 Å². The van der Waals surface area contributed by atoms with Crippen LogP contribution in [0.2, 0.25) is 0 Å². The van der Waals surface area contributed by atoms with E-state index < -0.39 is 0 Å². The van der Waals surface area contributed by atoms with Crippen molar-refractivity contribution in [2.24, 2.45) is 4.99 Å². The topological polar surface area (TPSA) is 45.8 Å². The molecule has 0 bridgehead atoms. The van der Waals surface area contributed by atoms with E-state index in [4.69, 9.17) is 4.42 Å². The molecule has 0 unspecified atom stereocenters. The summed E-state index contributed by atoms with van der Waals surface area (Å²) in [6.45, 7) is 0.775. The van der Waals surface area contributed by atoms with Crippen LogP contribution in [0.1, 0.15) is 31.4 Å². The summed E-state index contributed by atoms with van der Waals surface area (Å²) in [5, 5.41) is 0. The fraction of sp³-hybridized carbons (Fsp3) is 0.263. The molecule has 2 aliphatic rings. The highest BCUT2D eigenvalue weighted by Crippen LogP contribution is 2.27. The lowest BCUT2D eigenvalue weighted by atomic mass is 10.2. The molecule has 0 atom stereocenters. The molecule has 0 spiro atoms. The first-order valence-corrected chi connectivity index (χ1v) is 8.97. The van der Waals surface area contributed by atoms with Crippen molar-refractivity contribution in [1.29, 1.82) is 0 Å². The van der Waals surface area contributed by atoms with E-state index in [0.29, 0.717) is 11.5 Å². The molecule has 0 radical (unpaired) electrons. The van der Waals surface area contributed by atoms with Crippen molar-refractivity contribution in [3.05, 3.63) is 52.3 Å². The number of amides is 1. The van der Waals surface area contributed by atoms with Crippen LogP contribution in [0.25, 0.3) is 17.4 Å². The zero-order chi connectivity index (χ0) is 16.5. The van der Waals surface area contributed by atoms with Crippen molar-refractivity contribution in [3.63, 3.8) is 0 Å². The predicted octanol–water partition coefficient (Wildman–Crippen LogP) is 4.86. The lowest BCUT2D eigenvalue weighted by Gasteiger charge is -2.13. The number of carbonyl (C=O) groups is 1. The van der Waals surface area contributed by atoms with Gasteiger partial charge in [0.25, 0.3) is 5.91 Å². The van der Waals surface area contributed by atoms with E-state index in [2.05, 4.69) is 20.9 Å². The van der Waals surface area contributed by atoms with Crippen LogP contribution in [0.5, 0.6) is 0 Å². The number of fused-ring (bicyclic) bond motifs is 1. The van der Waals surface area contributed by atoms with Crippen LogP contribution in [-0.2, 0) is 4.79 Å². The Kier molecular flexibility index (Phi) is 4.10. The Balaban J connectivity index is 1.60. The molecule has 1 aromatic heterocycles. The van der Waals surface area contributed by atoms with E-state index in [1.54, 1.807) is 6.08 Å². The van der Waals surface area contributed by atoms with Crippen molar-refractivity contribution in [3.8, 4) is 11.3 Å². The maximum absolute atomic E-state index is 12.5. The van der Waals surface area contributed by atoms with Crippen molar-refractivity contribution in [1.82, 2.24) is 4.90 Å². The smallest absolute Gasteiger partial charge is 0.277 e. The summed E-state index contributed by atoms with van der Waals surface area (Å²) in [4.78, 5) is 18.9. The Hall–Kier alpha value is -2.14. The van der Waals surface area contributed by atoms with E-state index in [9.17, 15) is 4.79 Å². The quantitative estimate of drug-likeness (QED) is 0.693. The van der Waals surface area contributed by atoms with Crippen LogP contribution >= 0.6 is 15.9 Å². The van der Waals surface area contributed by atoms with E-state index in [0.717, 1.165) is 53.9 Å². The minimum Gasteiger partial charge on any atom is -0.457 e. The number of nitrogens with zero attached hydrogens (tertiary/aromatic N) is 2. The van der Waals surface area contributed by atoms with Gasteiger partial charge >= 0.3 is 0 Å². The summed E-state index contributed by atoms with van der Waals surface area (Å²) >= 11 is 3.43. The highest BCUT2D eigenvalue weighted by atomic mass is 79.9. The largest absolute Gasteiger partial charge is 0.457 e. The number of benzene rings is 1. The van der Waals surface area contributed by atoms with Crippen LogP contribution < -0.4 is 0 Å². The molecule has 4 nitrogen and oxygen atoms in total. The molecule has 1 fully saturated rings.